The van der Waals surface area contributed by atoms with Crippen molar-refractivity contribution in [1.29, 1.82) is 0 Å². The predicted octanol–water partition coefficient (Wildman–Crippen LogP) is 2.99. The third-order valence-corrected chi connectivity index (χ3v) is 7.03. The van der Waals surface area contributed by atoms with E-state index in [1.54, 1.807) is 0 Å². The second-order valence-corrected chi connectivity index (χ2v) is 9.30. The summed E-state index contributed by atoms with van der Waals surface area (Å²) in [6.45, 7) is 6.56. The molecule has 2 fully saturated rings. The maximum Gasteiger partial charge on any atom is 0.185 e. The number of anilines is 1. The number of benzene rings is 1. The normalized spacial score (nSPS) is 26.4. The molecule has 0 spiro atoms. The van der Waals surface area contributed by atoms with E-state index in [4.69, 9.17) is 0 Å². The maximum atomic E-state index is 4.53. The Morgan fingerprint density at radius 2 is 2.07 bits per heavy atom. The number of likely N-dealkylation sites (tertiary alicyclic amines) is 1. The lowest BCUT2D eigenvalue weighted by Gasteiger charge is -2.37. The molecule has 0 bridgehead atoms. The number of hydrogen-bond donors (Lipinski definition) is 2. The van der Waals surface area contributed by atoms with Crippen LogP contribution < -0.4 is 15.8 Å². The van der Waals surface area contributed by atoms with Crippen molar-refractivity contribution < 1.29 is 0 Å². The van der Waals surface area contributed by atoms with Gasteiger partial charge < -0.3 is 4.90 Å². The molecular formula is C21H31N5S. The lowest BCUT2D eigenvalue weighted by atomic mass is 9.81. The first kappa shape index (κ1) is 18.9. The van der Waals surface area contributed by atoms with E-state index < -0.39 is 0 Å². The number of aryl methyl sites for hydroxylation is 1. The molecule has 0 radical (unpaired) electrons. The largest absolute Gasteiger partial charge is 0.354 e. The summed E-state index contributed by atoms with van der Waals surface area (Å²) in [7, 11) is 4.12. The first-order valence-electron chi connectivity index (χ1n) is 9.99. The highest BCUT2D eigenvalue weighted by Gasteiger charge is 2.36. The Balaban J connectivity index is 1.41. The van der Waals surface area contributed by atoms with Crippen LogP contribution in [-0.2, 0) is 6.54 Å². The van der Waals surface area contributed by atoms with Gasteiger partial charge in [0.1, 0.15) is 0 Å². The van der Waals surface area contributed by atoms with Crippen LogP contribution in [0.5, 0.6) is 0 Å². The van der Waals surface area contributed by atoms with E-state index in [0.29, 0.717) is 17.9 Å². The third kappa shape index (κ3) is 4.35. The molecule has 2 saturated heterocycles. The van der Waals surface area contributed by atoms with E-state index in [0.717, 1.165) is 24.8 Å². The predicted molar refractivity (Wildman–Crippen MR) is 113 cm³/mol. The standard InChI is InChI=1S/C21H31N5S/c1-15-6-8-16(9-7-15)19-12-23-24-20(19)17-5-4-10-26(13-17)14-18-11-22-21(27-18)25(2)3/h6-9,11,17,19-20,23-24H,4-5,10,12-14H2,1-3H3. The number of nitrogens with zero attached hydrogens (tertiary/aromatic N) is 3. The minimum atomic E-state index is 0.509. The van der Waals surface area contributed by atoms with Crippen molar-refractivity contribution in [3.63, 3.8) is 0 Å². The summed E-state index contributed by atoms with van der Waals surface area (Å²) in [6, 6.07) is 9.60. The molecule has 0 saturated carbocycles. The van der Waals surface area contributed by atoms with E-state index in [9.17, 15) is 0 Å². The van der Waals surface area contributed by atoms with Crippen molar-refractivity contribution in [3.05, 3.63) is 46.5 Å². The van der Waals surface area contributed by atoms with Crippen molar-refractivity contribution in [3.8, 4) is 0 Å². The molecule has 5 nitrogen and oxygen atoms in total. The van der Waals surface area contributed by atoms with E-state index in [-0.39, 0.29) is 0 Å². The molecule has 1 aromatic heterocycles. The van der Waals surface area contributed by atoms with Crippen molar-refractivity contribution in [2.45, 2.75) is 38.3 Å². The lowest BCUT2D eigenvalue weighted by molar-refractivity contribution is 0.140. The fraction of sp³-hybridized carbons (Fsp3) is 0.571. The first-order valence-corrected chi connectivity index (χ1v) is 10.8. The van der Waals surface area contributed by atoms with Gasteiger partial charge in [0.2, 0.25) is 0 Å². The summed E-state index contributed by atoms with van der Waals surface area (Å²) in [5.74, 6) is 1.24. The van der Waals surface area contributed by atoms with Crippen LogP contribution in [0.4, 0.5) is 5.13 Å². The van der Waals surface area contributed by atoms with Crippen LogP contribution >= 0.6 is 11.3 Å². The number of thiazole rings is 1. The summed E-state index contributed by atoms with van der Waals surface area (Å²) in [5, 5.41) is 1.10. The molecule has 6 heteroatoms. The quantitative estimate of drug-likeness (QED) is 0.828. The van der Waals surface area contributed by atoms with Gasteiger partial charge in [-0.3, -0.25) is 15.8 Å². The van der Waals surface area contributed by atoms with E-state index >= 15 is 0 Å². The minimum Gasteiger partial charge on any atom is -0.354 e. The molecule has 3 unspecified atom stereocenters. The fourth-order valence-electron chi connectivity index (χ4n) is 4.42. The Morgan fingerprint density at radius 1 is 1.26 bits per heavy atom. The average Bonchev–Trinajstić information content (AvgIpc) is 3.32. The zero-order valence-electron chi connectivity index (χ0n) is 16.6. The SMILES string of the molecule is Cc1ccc(C2CNNC2C2CCCN(Cc3cnc(N(C)C)s3)C2)cc1. The van der Waals surface area contributed by atoms with E-state index in [2.05, 4.69) is 70.9 Å². The summed E-state index contributed by atoms with van der Waals surface area (Å²) in [6.07, 6.45) is 4.64. The highest BCUT2D eigenvalue weighted by Crippen LogP contribution is 2.32. The first-order chi connectivity index (χ1) is 13.1. The Kier molecular flexibility index (Phi) is 5.78. The monoisotopic (exact) mass is 385 g/mol. The van der Waals surface area contributed by atoms with Crippen LogP contribution in [0.2, 0.25) is 0 Å². The zero-order chi connectivity index (χ0) is 18.8. The van der Waals surface area contributed by atoms with Gasteiger partial charge in [-0.2, -0.15) is 0 Å². The van der Waals surface area contributed by atoms with E-state index in [1.807, 2.05) is 17.5 Å². The van der Waals surface area contributed by atoms with Crippen LogP contribution in [0.1, 0.15) is 34.8 Å². The third-order valence-electron chi connectivity index (χ3n) is 5.88. The summed E-state index contributed by atoms with van der Waals surface area (Å²) in [4.78, 5) is 10.6. The highest BCUT2D eigenvalue weighted by atomic mass is 32.1. The molecule has 2 aromatic rings. The number of rotatable bonds is 5. The smallest absolute Gasteiger partial charge is 0.185 e. The lowest BCUT2D eigenvalue weighted by Crippen LogP contribution is -2.46. The summed E-state index contributed by atoms with van der Waals surface area (Å²) < 4.78 is 0. The number of hydrazine groups is 1. The molecule has 3 atom stereocenters. The number of piperidine rings is 1. The molecule has 2 aliphatic rings. The Morgan fingerprint density at radius 3 is 2.81 bits per heavy atom. The summed E-state index contributed by atoms with van der Waals surface area (Å²) in [5.41, 5.74) is 9.82. The molecule has 0 aliphatic carbocycles. The van der Waals surface area contributed by atoms with Crippen molar-refractivity contribution >= 4 is 16.5 Å². The minimum absolute atomic E-state index is 0.509. The molecule has 1 aromatic carbocycles. The Hall–Kier alpha value is -1.47. The van der Waals surface area contributed by atoms with Crippen LogP contribution in [0, 0.1) is 12.8 Å². The number of hydrogen-bond acceptors (Lipinski definition) is 6. The van der Waals surface area contributed by atoms with Crippen LogP contribution in [0.25, 0.3) is 0 Å². The molecular weight excluding hydrogens is 354 g/mol. The number of aromatic nitrogens is 1. The topological polar surface area (TPSA) is 43.4 Å². The van der Waals surface area contributed by atoms with Crippen LogP contribution in [0.15, 0.2) is 30.5 Å². The molecule has 2 aliphatic heterocycles. The molecule has 146 valence electrons. The zero-order valence-corrected chi connectivity index (χ0v) is 17.4. The van der Waals surface area contributed by atoms with Gasteiger partial charge >= 0.3 is 0 Å². The second kappa shape index (κ2) is 8.27. The number of nitrogens with one attached hydrogen (secondary N) is 2. The fourth-order valence-corrected chi connectivity index (χ4v) is 5.30. The van der Waals surface area contributed by atoms with Gasteiger partial charge in [0, 0.05) is 56.8 Å². The molecule has 0 amide bonds. The molecule has 2 N–H and O–H groups in total. The van der Waals surface area contributed by atoms with Crippen molar-refractivity contribution in [1.82, 2.24) is 20.7 Å². The van der Waals surface area contributed by atoms with Gasteiger partial charge in [-0.25, -0.2) is 4.98 Å². The van der Waals surface area contributed by atoms with Gasteiger partial charge in [0.05, 0.1) is 0 Å². The molecule has 3 heterocycles. The van der Waals surface area contributed by atoms with Gasteiger partial charge in [-0.05, 0) is 37.8 Å². The Labute approximate surface area is 166 Å². The highest BCUT2D eigenvalue weighted by molar-refractivity contribution is 7.15. The summed E-state index contributed by atoms with van der Waals surface area (Å²) >= 11 is 1.81. The van der Waals surface area contributed by atoms with Crippen molar-refractivity contribution in [2.75, 3.05) is 38.6 Å². The van der Waals surface area contributed by atoms with Crippen LogP contribution in [0.3, 0.4) is 0 Å². The van der Waals surface area contributed by atoms with Gasteiger partial charge in [-0.1, -0.05) is 29.8 Å². The maximum absolute atomic E-state index is 4.53. The second-order valence-electron chi connectivity index (χ2n) is 8.21. The van der Waals surface area contributed by atoms with Gasteiger partial charge in [0.25, 0.3) is 0 Å². The van der Waals surface area contributed by atoms with E-state index in [1.165, 1.54) is 35.4 Å². The van der Waals surface area contributed by atoms with Gasteiger partial charge in [-0.15, -0.1) is 11.3 Å². The molecule has 4 rings (SSSR count). The van der Waals surface area contributed by atoms with Gasteiger partial charge in [0.15, 0.2) is 5.13 Å². The van der Waals surface area contributed by atoms with Crippen LogP contribution in [-0.4, -0.2) is 49.7 Å². The average molecular weight is 386 g/mol. The van der Waals surface area contributed by atoms with Crippen molar-refractivity contribution in [2.24, 2.45) is 5.92 Å². The molecule has 27 heavy (non-hydrogen) atoms. The Bertz CT molecular complexity index is 741.